The standard InChI is InChI=1S/C20H22N2O6/c23-16(21-18(25)13-6-2-1-3-7-13)12-28-17(24)10-11-22-19(26)14-8-4-5-9-15(14)20(22)27/h4-5,8-9,13H,1-3,6-7,10-12H2,(H,21,23,25). The van der Waals surface area contributed by atoms with Crippen LogP contribution in [0.25, 0.3) is 0 Å². The third-order valence-electron chi connectivity index (χ3n) is 5.02. The zero-order valence-electron chi connectivity index (χ0n) is 15.4. The number of benzene rings is 1. The minimum absolute atomic E-state index is 0.131. The number of hydrogen-bond donors (Lipinski definition) is 1. The van der Waals surface area contributed by atoms with E-state index in [0.717, 1.165) is 37.0 Å². The maximum absolute atomic E-state index is 12.2. The van der Waals surface area contributed by atoms with Gasteiger partial charge in [-0.1, -0.05) is 31.4 Å². The highest BCUT2D eigenvalue weighted by Crippen LogP contribution is 2.24. The van der Waals surface area contributed by atoms with Crippen LogP contribution >= 0.6 is 0 Å². The Balaban J connectivity index is 1.40. The third kappa shape index (κ3) is 4.44. The average Bonchev–Trinajstić information content (AvgIpc) is 2.96. The summed E-state index contributed by atoms with van der Waals surface area (Å²) in [5.41, 5.74) is 0.614. The number of nitrogens with zero attached hydrogens (tertiary/aromatic N) is 1. The molecule has 0 spiro atoms. The van der Waals surface area contributed by atoms with Gasteiger partial charge in [0.05, 0.1) is 17.5 Å². The molecule has 28 heavy (non-hydrogen) atoms. The lowest BCUT2D eigenvalue weighted by atomic mass is 9.89. The number of nitrogens with one attached hydrogen (secondary N) is 1. The Bertz CT molecular complexity index is 778. The first-order valence-corrected chi connectivity index (χ1v) is 9.42. The van der Waals surface area contributed by atoms with Crippen LogP contribution in [0, 0.1) is 5.92 Å². The number of imide groups is 2. The van der Waals surface area contributed by atoms with Gasteiger partial charge in [0, 0.05) is 12.5 Å². The Morgan fingerprint density at radius 2 is 1.61 bits per heavy atom. The largest absolute Gasteiger partial charge is 0.456 e. The van der Waals surface area contributed by atoms with Crippen molar-refractivity contribution in [3.8, 4) is 0 Å². The molecule has 0 bridgehead atoms. The highest BCUT2D eigenvalue weighted by molar-refractivity contribution is 6.21. The molecule has 2 aliphatic rings. The second-order valence-corrected chi connectivity index (χ2v) is 6.97. The number of carbonyl (C=O) groups is 5. The van der Waals surface area contributed by atoms with Gasteiger partial charge in [-0.05, 0) is 25.0 Å². The SMILES string of the molecule is O=C(COC(=O)CCN1C(=O)c2ccccc2C1=O)NC(=O)C1CCCCC1. The molecule has 1 aliphatic carbocycles. The summed E-state index contributed by atoms with van der Waals surface area (Å²) in [6.07, 6.45) is 4.34. The van der Waals surface area contributed by atoms with Gasteiger partial charge < -0.3 is 4.74 Å². The minimum atomic E-state index is -0.725. The highest BCUT2D eigenvalue weighted by Gasteiger charge is 2.35. The van der Waals surface area contributed by atoms with Gasteiger partial charge in [0.15, 0.2) is 6.61 Å². The first-order valence-electron chi connectivity index (χ1n) is 9.42. The molecule has 1 fully saturated rings. The molecule has 8 nitrogen and oxygen atoms in total. The van der Waals surface area contributed by atoms with E-state index in [1.165, 1.54) is 0 Å². The number of fused-ring (bicyclic) bond motifs is 1. The lowest BCUT2D eigenvalue weighted by Crippen LogP contribution is -2.39. The van der Waals surface area contributed by atoms with Crippen molar-refractivity contribution in [1.29, 1.82) is 0 Å². The predicted molar refractivity (Wildman–Crippen MR) is 97.1 cm³/mol. The zero-order valence-corrected chi connectivity index (χ0v) is 15.4. The molecular formula is C20H22N2O6. The molecule has 0 saturated heterocycles. The summed E-state index contributed by atoms with van der Waals surface area (Å²) in [6, 6.07) is 6.44. The molecule has 1 aliphatic heterocycles. The monoisotopic (exact) mass is 386 g/mol. The van der Waals surface area contributed by atoms with Crippen LogP contribution in [0.2, 0.25) is 0 Å². The van der Waals surface area contributed by atoms with E-state index in [1.807, 2.05) is 0 Å². The third-order valence-corrected chi connectivity index (χ3v) is 5.02. The maximum atomic E-state index is 12.2. The fourth-order valence-electron chi connectivity index (χ4n) is 3.50. The summed E-state index contributed by atoms with van der Waals surface area (Å²) in [5.74, 6) is -2.80. The number of rotatable bonds is 6. The molecule has 1 N–H and O–H groups in total. The van der Waals surface area contributed by atoms with Crippen molar-refractivity contribution in [2.24, 2.45) is 5.92 Å². The van der Waals surface area contributed by atoms with E-state index in [9.17, 15) is 24.0 Å². The van der Waals surface area contributed by atoms with Gasteiger partial charge in [-0.25, -0.2) is 0 Å². The summed E-state index contributed by atoms with van der Waals surface area (Å²) >= 11 is 0. The number of carbonyl (C=O) groups excluding carboxylic acids is 5. The summed E-state index contributed by atoms with van der Waals surface area (Å²) in [6.45, 7) is -0.701. The normalized spacial score (nSPS) is 16.6. The Kier molecular flexibility index (Phi) is 6.18. The van der Waals surface area contributed by atoms with Gasteiger partial charge in [0.2, 0.25) is 5.91 Å². The van der Waals surface area contributed by atoms with E-state index in [4.69, 9.17) is 4.74 Å². The fourth-order valence-corrected chi connectivity index (χ4v) is 3.50. The van der Waals surface area contributed by atoms with Crippen LogP contribution in [0.1, 0.15) is 59.2 Å². The van der Waals surface area contributed by atoms with Crippen LogP contribution in [-0.2, 0) is 19.1 Å². The van der Waals surface area contributed by atoms with Gasteiger partial charge in [-0.15, -0.1) is 0 Å². The molecule has 0 unspecified atom stereocenters. The van der Waals surface area contributed by atoms with Crippen LogP contribution in [-0.4, -0.2) is 47.6 Å². The Morgan fingerprint density at radius 1 is 1.00 bits per heavy atom. The average molecular weight is 386 g/mol. The van der Waals surface area contributed by atoms with Gasteiger partial charge in [-0.2, -0.15) is 0 Å². The summed E-state index contributed by atoms with van der Waals surface area (Å²) in [5, 5.41) is 2.25. The van der Waals surface area contributed by atoms with E-state index < -0.39 is 30.3 Å². The van der Waals surface area contributed by atoms with E-state index in [-0.39, 0.29) is 24.8 Å². The molecule has 1 aromatic rings. The lowest BCUT2D eigenvalue weighted by Gasteiger charge is -2.20. The van der Waals surface area contributed by atoms with Crippen molar-refractivity contribution < 1.29 is 28.7 Å². The molecule has 4 amide bonds. The highest BCUT2D eigenvalue weighted by atomic mass is 16.5. The van der Waals surface area contributed by atoms with Crippen LogP contribution in [0.3, 0.4) is 0 Å². The molecule has 3 rings (SSSR count). The Morgan fingerprint density at radius 3 is 2.21 bits per heavy atom. The quantitative estimate of drug-likeness (QED) is 0.585. The van der Waals surface area contributed by atoms with Crippen molar-refractivity contribution in [2.45, 2.75) is 38.5 Å². The molecule has 8 heteroatoms. The van der Waals surface area contributed by atoms with E-state index in [2.05, 4.69) is 5.32 Å². The van der Waals surface area contributed by atoms with Crippen LogP contribution in [0.5, 0.6) is 0 Å². The second-order valence-electron chi connectivity index (χ2n) is 6.97. The second kappa shape index (κ2) is 8.77. The summed E-state index contributed by atoms with van der Waals surface area (Å²) in [7, 11) is 0. The lowest BCUT2D eigenvalue weighted by molar-refractivity contribution is -0.150. The maximum Gasteiger partial charge on any atom is 0.308 e. The van der Waals surface area contributed by atoms with E-state index in [0.29, 0.717) is 11.1 Å². The minimum Gasteiger partial charge on any atom is -0.456 e. The van der Waals surface area contributed by atoms with Gasteiger partial charge in [-0.3, -0.25) is 34.2 Å². The number of hydrogen-bond acceptors (Lipinski definition) is 6. The van der Waals surface area contributed by atoms with Gasteiger partial charge in [0.25, 0.3) is 17.7 Å². The number of amides is 4. The van der Waals surface area contributed by atoms with E-state index in [1.54, 1.807) is 24.3 Å². The zero-order chi connectivity index (χ0) is 20.1. The Hall–Kier alpha value is -3.03. The smallest absolute Gasteiger partial charge is 0.308 e. The Labute approximate surface area is 162 Å². The fraction of sp³-hybridized carbons (Fsp3) is 0.450. The van der Waals surface area contributed by atoms with Crippen molar-refractivity contribution in [2.75, 3.05) is 13.2 Å². The van der Waals surface area contributed by atoms with E-state index >= 15 is 0 Å². The van der Waals surface area contributed by atoms with Gasteiger partial charge >= 0.3 is 5.97 Å². The van der Waals surface area contributed by atoms with Crippen LogP contribution in [0.4, 0.5) is 0 Å². The molecular weight excluding hydrogens is 364 g/mol. The first kappa shape index (κ1) is 19.7. The number of esters is 1. The van der Waals surface area contributed by atoms with Crippen molar-refractivity contribution in [1.82, 2.24) is 10.2 Å². The van der Waals surface area contributed by atoms with Crippen LogP contribution < -0.4 is 5.32 Å². The molecule has 0 radical (unpaired) electrons. The number of ether oxygens (including phenoxy) is 1. The topological polar surface area (TPSA) is 110 Å². The predicted octanol–water partition coefficient (Wildman–Crippen LogP) is 1.44. The van der Waals surface area contributed by atoms with Gasteiger partial charge in [0.1, 0.15) is 0 Å². The first-order chi connectivity index (χ1) is 13.5. The molecule has 148 valence electrons. The van der Waals surface area contributed by atoms with Crippen molar-refractivity contribution in [3.05, 3.63) is 35.4 Å². The summed E-state index contributed by atoms with van der Waals surface area (Å²) in [4.78, 5) is 61.0. The summed E-state index contributed by atoms with van der Waals surface area (Å²) < 4.78 is 4.85. The van der Waals surface area contributed by atoms with Crippen LogP contribution in [0.15, 0.2) is 24.3 Å². The molecule has 1 saturated carbocycles. The molecule has 0 aromatic heterocycles. The van der Waals surface area contributed by atoms with Crippen molar-refractivity contribution in [3.63, 3.8) is 0 Å². The molecule has 0 atom stereocenters. The molecule has 1 heterocycles. The molecule has 1 aromatic carbocycles. The van der Waals surface area contributed by atoms with Crippen molar-refractivity contribution >= 4 is 29.6 Å².